The van der Waals surface area contributed by atoms with Gasteiger partial charge in [0.15, 0.2) is 0 Å². The van der Waals surface area contributed by atoms with Gasteiger partial charge in [0.2, 0.25) is 0 Å². The average molecular weight is 348 g/mol. The summed E-state index contributed by atoms with van der Waals surface area (Å²) in [4.78, 5) is 0. The summed E-state index contributed by atoms with van der Waals surface area (Å²) in [5.74, 6) is 0.876. The number of hydrogen-bond acceptors (Lipinski definition) is 7. The molecule has 134 valence electrons. The fourth-order valence-corrected chi connectivity index (χ4v) is 1.48. The fourth-order valence-electron chi connectivity index (χ4n) is 1.48. The molecule has 7 nitrogen and oxygen atoms in total. The molecule has 0 aromatic heterocycles. The number of methoxy groups -OCH3 is 1. The van der Waals surface area contributed by atoms with Gasteiger partial charge in [-0.05, 0) is 43.5 Å². The Bertz CT molecular complexity index is 481. The summed E-state index contributed by atoms with van der Waals surface area (Å²) in [5.41, 5.74) is 6.35. The van der Waals surface area contributed by atoms with Crippen molar-refractivity contribution in [3.8, 4) is 5.75 Å². The molecule has 1 aromatic rings. The Hall–Kier alpha value is -1.35. The summed E-state index contributed by atoms with van der Waals surface area (Å²) in [5, 5.41) is 0. The van der Waals surface area contributed by atoms with Crippen molar-refractivity contribution >= 4 is 15.8 Å². The lowest BCUT2D eigenvalue weighted by Gasteiger charge is -2.06. The van der Waals surface area contributed by atoms with Crippen molar-refractivity contribution in [1.82, 2.24) is 0 Å². The molecule has 0 heterocycles. The number of anilines is 1. The first-order valence-electron chi connectivity index (χ1n) is 7.29. The van der Waals surface area contributed by atoms with Gasteiger partial charge in [-0.1, -0.05) is 0 Å². The van der Waals surface area contributed by atoms with E-state index in [1.807, 2.05) is 24.3 Å². The fraction of sp³-hybridized carbons (Fsp3) is 0.600. The highest BCUT2D eigenvalue weighted by atomic mass is 32.2. The maximum Gasteiger partial charge on any atom is 0.119 e. The number of unbranched alkanes of at least 4 members (excludes halogenated alkanes) is 2. The van der Waals surface area contributed by atoms with Crippen LogP contribution in [0.1, 0.15) is 19.3 Å². The monoisotopic (exact) mass is 348 g/mol. The highest BCUT2D eigenvalue weighted by Gasteiger charge is 1.94. The van der Waals surface area contributed by atoms with Gasteiger partial charge in [0, 0.05) is 25.7 Å². The number of rotatable bonds is 10. The van der Waals surface area contributed by atoms with Crippen LogP contribution in [0.3, 0.4) is 0 Å². The van der Waals surface area contributed by atoms with Crippen molar-refractivity contribution in [2.75, 3.05) is 45.5 Å². The molecule has 0 radical (unpaired) electrons. The largest absolute Gasteiger partial charge is 0.748 e. The van der Waals surface area contributed by atoms with Crippen molar-refractivity contribution < 1.29 is 27.2 Å². The van der Waals surface area contributed by atoms with Crippen molar-refractivity contribution in [3.05, 3.63) is 24.3 Å². The molecule has 0 bridgehead atoms. The molecule has 1 aromatic carbocycles. The van der Waals surface area contributed by atoms with Crippen LogP contribution in [0.4, 0.5) is 5.69 Å². The van der Waals surface area contributed by atoms with Gasteiger partial charge in [-0.2, -0.15) is 0 Å². The molecule has 0 saturated carbocycles. The summed E-state index contributed by atoms with van der Waals surface area (Å²) < 4.78 is 43.1. The van der Waals surface area contributed by atoms with Crippen LogP contribution in [0, 0.1) is 0 Å². The SMILES string of the molecule is COCCOCCCCCOc1ccc(N)cc1.CS(=O)(=O)[O-]. The first kappa shape index (κ1) is 21.6. The van der Waals surface area contributed by atoms with E-state index < -0.39 is 10.1 Å². The van der Waals surface area contributed by atoms with Crippen molar-refractivity contribution in [2.24, 2.45) is 0 Å². The number of nitrogen functional groups attached to an aromatic ring is 1. The van der Waals surface area contributed by atoms with Crippen molar-refractivity contribution in [2.45, 2.75) is 19.3 Å². The summed E-state index contributed by atoms with van der Waals surface area (Å²) in [7, 11) is -2.24. The second-order valence-corrected chi connectivity index (χ2v) is 6.20. The van der Waals surface area contributed by atoms with Crippen LogP contribution in [-0.2, 0) is 19.6 Å². The van der Waals surface area contributed by atoms with E-state index in [9.17, 15) is 0 Å². The molecule has 0 spiro atoms. The zero-order valence-corrected chi connectivity index (χ0v) is 14.5. The Labute approximate surface area is 138 Å². The first-order chi connectivity index (χ1) is 10.8. The maximum atomic E-state index is 9.08. The van der Waals surface area contributed by atoms with E-state index in [-0.39, 0.29) is 0 Å². The molecule has 0 saturated heterocycles. The summed E-state index contributed by atoms with van der Waals surface area (Å²) in [6, 6.07) is 7.48. The normalized spacial score (nSPS) is 10.7. The van der Waals surface area contributed by atoms with Gasteiger partial charge in [0.1, 0.15) is 5.75 Å². The highest BCUT2D eigenvalue weighted by molar-refractivity contribution is 7.84. The van der Waals surface area contributed by atoms with E-state index in [2.05, 4.69) is 0 Å². The zero-order valence-electron chi connectivity index (χ0n) is 13.7. The lowest BCUT2D eigenvalue weighted by Crippen LogP contribution is -2.03. The van der Waals surface area contributed by atoms with E-state index >= 15 is 0 Å². The Morgan fingerprint density at radius 2 is 1.57 bits per heavy atom. The third-order valence-electron chi connectivity index (χ3n) is 2.51. The molecule has 0 aliphatic heterocycles. The van der Waals surface area contributed by atoms with Crippen molar-refractivity contribution in [1.29, 1.82) is 0 Å². The topological polar surface area (TPSA) is 111 Å². The molecule has 8 heteroatoms. The lowest BCUT2D eigenvalue weighted by molar-refractivity contribution is 0.0682. The van der Waals surface area contributed by atoms with Crippen LogP contribution in [0.5, 0.6) is 5.75 Å². The van der Waals surface area contributed by atoms with Gasteiger partial charge in [-0.15, -0.1) is 0 Å². The standard InChI is InChI=1S/C14H23NO3.CH4O3S/c1-16-11-12-17-9-3-2-4-10-18-14-7-5-13(15)6-8-14;1-5(2,3)4/h5-8H,2-4,9-12,15H2,1H3;1H3,(H,2,3,4)/p-1. The summed E-state index contributed by atoms with van der Waals surface area (Å²) in [6.07, 6.45) is 3.82. The third-order valence-corrected chi connectivity index (χ3v) is 2.51. The van der Waals surface area contributed by atoms with Crippen LogP contribution in [-0.4, -0.2) is 52.8 Å². The van der Waals surface area contributed by atoms with E-state index in [1.54, 1.807) is 7.11 Å². The van der Waals surface area contributed by atoms with E-state index in [0.29, 0.717) is 19.5 Å². The molecular weight excluding hydrogens is 322 g/mol. The Kier molecular flexibility index (Phi) is 12.4. The molecule has 0 unspecified atom stereocenters. The summed E-state index contributed by atoms with van der Waals surface area (Å²) >= 11 is 0. The number of ether oxygens (including phenoxy) is 3. The Balaban J connectivity index is 0.000000841. The Morgan fingerprint density at radius 1 is 1.00 bits per heavy atom. The van der Waals surface area contributed by atoms with Crippen LogP contribution in [0.2, 0.25) is 0 Å². The Morgan fingerprint density at radius 3 is 2.13 bits per heavy atom. The van der Waals surface area contributed by atoms with Crippen molar-refractivity contribution in [3.63, 3.8) is 0 Å². The van der Waals surface area contributed by atoms with E-state index in [4.69, 9.17) is 32.9 Å². The second kappa shape index (κ2) is 13.1. The van der Waals surface area contributed by atoms with Gasteiger partial charge in [-0.25, -0.2) is 8.42 Å². The van der Waals surface area contributed by atoms with Gasteiger partial charge >= 0.3 is 0 Å². The number of nitrogens with two attached hydrogens (primary N) is 1. The predicted molar refractivity (Wildman–Crippen MR) is 88.5 cm³/mol. The lowest BCUT2D eigenvalue weighted by atomic mass is 10.2. The van der Waals surface area contributed by atoms with Gasteiger partial charge < -0.3 is 24.5 Å². The molecule has 23 heavy (non-hydrogen) atoms. The third kappa shape index (κ3) is 18.6. The van der Waals surface area contributed by atoms with Crippen LogP contribution in [0.15, 0.2) is 24.3 Å². The molecule has 0 fully saturated rings. The van der Waals surface area contributed by atoms with Crippen LogP contribution < -0.4 is 10.5 Å². The molecule has 0 amide bonds. The van der Waals surface area contributed by atoms with E-state index in [0.717, 1.165) is 43.9 Å². The minimum Gasteiger partial charge on any atom is -0.748 e. The predicted octanol–water partition coefficient (Wildman–Crippen LogP) is 1.64. The van der Waals surface area contributed by atoms with Gasteiger partial charge in [0.25, 0.3) is 0 Å². The number of hydrogen-bond donors (Lipinski definition) is 1. The van der Waals surface area contributed by atoms with E-state index in [1.165, 1.54) is 0 Å². The molecule has 0 aliphatic rings. The molecular formula is C15H26NO6S-. The van der Waals surface area contributed by atoms with Gasteiger partial charge in [0.05, 0.1) is 29.9 Å². The molecule has 1 rings (SSSR count). The minimum absolute atomic E-state index is 0.604. The molecule has 0 atom stereocenters. The van der Waals surface area contributed by atoms with Crippen LogP contribution >= 0.6 is 0 Å². The highest BCUT2D eigenvalue weighted by Crippen LogP contribution is 2.13. The molecule has 0 aliphatic carbocycles. The number of benzene rings is 1. The smallest absolute Gasteiger partial charge is 0.119 e. The van der Waals surface area contributed by atoms with Crippen LogP contribution in [0.25, 0.3) is 0 Å². The minimum atomic E-state index is -3.92. The maximum absolute atomic E-state index is 9.08. The average Bonchev–Trinajstić information content (AvgIpc) is 2.46. The quantitative estimate of drug-likeness (QED) is 0.389. The zero-order chi connectivity index (χ0) is 17.6. The molecule has 2 N–H and O–H groups in total. The van der Waals surface area contributed by atoms with Gasteiger partial charge in [-0.3, -0.25) is 0 Å². The summed E-state index contributed by atoms with van der Waals surface area (Å²) in [6.45, 7) is 2.88. The second-order valence-electron chi connectivity index (χ2n) is 4.79. The first-order valence-corrected chi connectivity index (χ1v) is 9.10.